The summed E-state index contributed by atoms with van der Waals surface area (Å²) in [5.74, 6) is -0.587. The Labute approximate surface area is 174 Å². The van der Waals surface area contributed by atoms with Gasteiger partial charge in [0.1, 0.15) is 11.6 Å². The van der Waals surface area contributed by atoms with Gasteiger partial charge in [0.05, 0.1) is 4.90 Å². The zero-order chi connectivity index (χ0) is 21.6. The third kappa shape index (κ3) is 5.88. The van der Waals surface area contributed by atoms with Gasteiger partial charge in [0, 0.05) is 11.7 Å². The lowest BCUT2D eigenvalue weighted by molar-refractivity contribution is -0.118. The van der Waals surface area contributed by atoms with E-state index in [0.29, 0.717) is 11.4 Å². The Morgan fingerprint density at radius 3 is 2.37 bits per heavy atom. The van der Waals surface area contributed by atoms with Crippen molar-refractivity contribution in [3.8, 4) is 5.75 Å². The smallest absolute Gasteiger partial charge is 0.262 e. The van der Waals surface area contributed by atoms with Crippen molar-refractivity contribution in [3.05, 3.63) is 90.2 Å². The van der Waals surface area contributed by atoms with Crippen molar-refractivity contribution in [1.82, 2.24) is 4.72 Å². The molecule has 1 amide bonds. The SMILES string of the molecule is C[C@@H](NS(=O)(=O)c1ccc(OCC(=O)Nc2cccc(F)c2)cc1)c1ccccc1. The number of rotatable bonds is 8. The predicted molar refractivity (Wildman–Crippen MR) is 112 cm³/mol. The van der Waals surface area contributed by atoms with Gasteiger partial charge >= 0.3 is 0 Å². The normalized spacial score (nSPS) is 12.2. The topological polar surface area (TPSA) is 84.5 Å². The van der Waals surface area contributed by atoms with Crippen LogP contribution in [0.4, 0.5) is 10.1 Å². The molecule has 30 heavy (non-hydrogen) atoms. The average Bonchev–Trinajstić information content (AvgIpc) is 2.73. The summed E-state index contributed by atoms with van der Waals surface area (Å²) in [4.78, 5) is 12.0. The van der Waals surface area contributed by atoms with E-state index in [1.54, 1.807) is 13.0 Å². The first-order valence-electron chi connectivity index (χ1n) is 9.19. The quantitative estimate of drug-likeness (QED) is 0.570. The number of hydrogen-bond donors (Lipinski definition) is 2. The standard InChI is InChI=1S/C22H21FN2O4S/c1-16(17-6-3-2-4-7-17)25-30(27,28)21-12-10-20(11-13-21)29-15-22(26)24-19-9-5-8-18(23)14-19/h2-14,16,25H,15H2,1H3,(H,24,26)/t16-/m1/s1. The van der Waals surface area contributed by atoms with Crippen LogP contribution in [0.1, 0.15) is 18.5 Å². The molecule has 0 saturated heterocycles. The second kappa shape index (κ2) is 9.51. The van der Waals surface area contributed by atoms with Crippen LogP contribution in [-0.2, 0) is 14.8 Å². The molecule has 6 nitrogen and oxygen atoms in total. The van der Waals surface area contributed by atoms with Gasteiger partial charge in [-0.25, -0.2) is 17.5 Å². The Kier molecular flexibility index (Phi) is 6.81. The molecule has 0 heterocycles. The van der Waals surface area contributed by atoms with E-state index in [0.717, 1.165) is 5.56 Å². The highest BCUT2D eigenvalue weighted by atomic mass is 32.2. The lowest BCUT2D eigenvalue weighted by Crippen LogP contribution is -2.26. The number of benzene rings is 3. The number of anilines is 1. The molecule has 3 aromatic rings. The van der Waals surface area contributed by atoms with Gasteiger partial charge in [-0.15, -0.1) is 0 Å². The summed E-state index contributed by atoms with van der Waals surface area (Å²) in [5.41, 5.74) is 1.17. The van der Waals surface area contributed by atoms with Gasteiger partial charge in [-0.2, -0.15) is 0 Å². The molecule has 0 aliphatic heterocycles. The van der Waals surface area contributed by atoms with E-state index in [1.807, 2.05) is 30.3 Å². The molecular formula is C22H21FN2O4S. The maximum atomic E-state index is 13.1. The minimum absolute atomic E-state index is 0.0850. The number of sulfonamides is 1. The number of carbonyl (C=O) groups excluding carboxylic acids is 1. The molecule has 0 aliphatic carbocycles. The highest BCUT2D eigenvalue weighted by molar-refractivity contribution is 7.89. The first-order chi connectivity index (χ1) is 14.3. The van der Waals surface area contributed by atoms with E-state index < -0.39 is 27.8 Å². The molecule has 0 spiro atoms. The molecule has 0 radical (unpaired) electrons. The molecule has 0 unspecified atom stereocenters. The maximum Gasteiger partial charge on any atom is 0.262 e. The molecule has 156 valence electrons. The molecular weight excluding hydrogens is 407 g/mol. The molecule has 8 heteroatoms. The zero-order valence-corrected chi connectivity index (χ0v) is 17.0. The molecule has 0 aliphatic rings. The highest BCUT2D eigenvalue weighted by Gasteiger charge is 2.18. The fraction of sp³-hybridized carbons (Fsp3) is 0.136. The lowest BCUT2D eigenvalue weighted by atomic mass is 10.1. The van der Waals surface area contributed by atoms with Crippen LogP contribution < -0.4 is 14.8 Å². The van der Waals surface area contributed by atoms with Gasteiger partial charge in [0.15, 0.2) is 6.61 Å². The second-order valence-electron chi connectivity index (χ2n) is 6.57. The average molecular weight is 428 g/mol. The Morgan fingerprint density at radius 1 is 1.00 bits per heavy atom. The third-order valence-corrected chi connectivity index (χ3v) is 5.80. The van der Waals surface area contributed by atoms with Crippen LogP contribution in [0.15, 0.2) is 83.8 Å². The molecule has 1 atom stereocenters. The summed E-state index contributed by atoms with van der Waals surface area (Å²) in [5, 5.41) is 2.52. The number of carbonyl (C=O) groups is 1. The predicted octanol–water partition coefficient (Wildman–Crippen LogP) is 3.88. The van der Waals surface area contributed by atoms with Crippen LogP contribution in [0, 0.1) is 5.82 Å². The molecule has 0 fully saturated rings. The Morgan fingerprint density at radius 2 is 1.70 bits per heavy atom. The second-order valence-corrected chi connectivity index (χ2v) is 8.29. The number of hydrogen-bond acceptors (Lipinski definition) is 4. The van der Waals surface area contributed by atoms with E-state index >= 15 is 0 Å². The fourth-order valence-electron chi connectivity index (χ4n) is 2.74. The lowest BCUT2D eigenvalue weighted by Gasteiger charge is -2.15. The first kappa shape index (κ1) is 21.5. The van der Waals surface area contributed by atoms with Crippen molar-refractivity contribution >= 4 is 21.6 Å². The van der Waals surface area contributed by atoms with E-state index in [9.17, 15) is 17.6 Å². The summed E-state index contributed by atoms with van der Waals surface area (Å²) >= 11 is 0. The van der Waals surface area contributed by atoms with Crippen LogP contribution >= 0.6 is 0 Å². The summed E-state index contributed by atoms with van der Waals surface area (Å²) in [6.45, 7) is 1.47. The van der Waals surface area contributed by atoms with Crippen LogP contribution in [0.5, 0.6) is 5.75 Å². The first-order valence-corrected chi connectivity index (χ1v) is 10.7. The van der Waals surface area contributed by atoms with Crippen molar-refractivity contribution in [1.29, 1.82) is 0 Å². The molecule has 0 bridgehead atoms. The summed E-state index contributed by atoms with van der Waals surface area (Å²) in [6, 6.07) is 20.1. The Bertz CT molecular complexity index is 1100. The molecule has 3 aromatic carbocycles. The summed E-state index contributed by atoms with van der Waals surface area (Å²) in [7, 11) is -3.72. The molecule has 0 aromatic heterocycles. The van der Waals surface area contributed by atoms with E-state index in [1.165, 1.54) is 42.5 Å². The molecule has 2 N–H and O–H groups in total. The number of nitrogens with one attached hydrogen (secondary N) is 2. The van der Waals surface area contributed by atoms with Gasteiger partial charge in [-0.1, -0.05) is 36.4 Å². The zero-order valence-electron chi connectivity index (χ0n) is 16.2. The van der Waals surface area contributed by atoms with Gasteiger partial charge in [0.2, 0.25) is 10.0 Å². The highest BCUT2D eigenvalue weighted by Crippen LogP contribution is 2.19. The van der Waals surface area contributed by atoms with Crippen molar-refractivity contribution in [3.63, 3.8) is 0 Å². The largest absolute Gasteiger partial charge is 0.484 e. The summed E-state index contributed by atoms with van der Waals surface area (Å²) < 4.78 is 46.3. The van der Waals surface area contributed by atoms with Gasteiger partial charge in [-0.05, 0) is 55.0 Å². The minimum atomic E-state index is -3.72. The minimum Gasteiger partial charge on any atom is -0.484 e. The molecule has 0 saturated carbocycles. The molecule has 3 rings (SSSR count). The van der Waals surface area contributed by atoms with Crippen LogP contribution in [0.3, 0.4) is 0 Å². The van der Waals surface area contributed by atoms with Crippen molar-refractivity contribution in [2.45, 2.75) is 17.9 Å². The van der Waals surface area contributed by atoms with Crippen molar-refractivity contribution in [2.75, 3.05) is 11.9 Å². The van der Waals surface area contributed by atoms with E-state index in [2.05, 4.69) is 10.0 Å². The van der Waals surface area contributed by atoms with Crippen molar-refractivity contribution < 1.29 is 22.3 Å². The number of halogens is 1. The van der Waals surface area contributed by atoms with Gasteiger partial charge < -0.3 is 10.1 Å². The Hall–Kier alpha value is -3.23. The van der Waals surface area contributed by atoms with E-state index in [4.69, 9.17) is 4.74 Å². The van der Waals surface area contributed by atoms with Gasteiger partial charge in [0.25, 0.3) is 5.91 Å². The summed E-state index contributed by atoms with van der Waals surface area (Å²) in [6.07, 6.45) is 0. The van der Waals surface area contributed by atoms with Gasteiger partial charge in [-0.3, -0.25) is 4.79 Å². The third-order valence-electron chi connectivity index (χ3n) is 4.24. The number of amides is 1. The maximum absolute atomic E-state index is 13.1. The van der Waals surface area contributed by atoms with E-state index in [-0.39, 0.29) is 11.5 Å². The van der Waals surface area contributed by atoms with Crippen LogP contribution in [0.2, 0.25) is 0 Å². The fourth-order valence-corrected chi connectivity index (χ4v) is 3.97. The number of ether oxygens (including phenoxy) is 1. The van der Waals surface area contributed by atoms with Crippen molar-refractivity contribution in [2.24, 2.45) is 0 Å². The van der Waals surface area contributed by atoms with Crippen LogP contribution in [0.25, 0.3) is 0 Å². The van der Waals surface area contributed by atoms with Crippen LogP contribution in [-0.4, -0.2) is 20.9 Å². The Balaban J connectivity index is 1.56. The monoisotopic (exact) mass is 428 g/mol.